The molecule has 4 heteroatoms. The maximum Gasteiger partial charge on any atom is 0.161 e. The Morgan fingerprint density at radius 3 is 2.71 bits per heavy atom. The molecule has 0 spiro atoms. The Hall–Kier alpha value is -1.55. The first-order chi connectivity index (χ1) is 10.2. The number of ether oxygens (including phenoxy) is 2. The molecular weight excluding hydrogens is 266 g/mol. The maximum atomic E-state index is 11.9. The quantitative estimate of drug-likeness (QED) is 0.836. The van der Waals surface area contributed by atoms with Crippen LogP contribution in [0.5, 0.6) is 11.5 Å². The van der Waals surface area contributed by atoms with E-state index in [1.54, 1.807) is 14.2 Å². The molecular formula is C17H21NO3. The number of hydrogen-bond donors (Lipinski definition) is 0. The summed E-state index contributed by atoms with van der Waals surface area (Å²) in [6.45, 7) is 2.02. The van der Waals surface area contributed by atoms with E-state index in [4.69, 9.17) is 9.47 Å². The molecule has 1 aromatic rings. The summed E-state index contributed by atoms with van der Waals surface area (Å²) in [5.74, 6) is 2.03. The van der Waals surface area contributed by atoms with Crippen molar-refractivity contribution in [2.45, 2.75) is 43.7 Å². The summed E-state index contributed by atoms with van der Waals surface area (Å²) in [5, 5.41) is 0. The minimum atomic E-state index is 0.154. The van der Waals surface area contributed by atoms with Crippen molar-refractivity contribution in [1.29, 1.82) is 0 Å². The Labute approximate surface area is 125 Å². The van der Waals surface area contributed by atoms with Crippen LogP contribution in [0, 0.1) is 0 Å². The molecule has 3 aliphatic rings. The molecule has 4 nitrogen and oxygen atoms in total. The molecule has 1 aliphatic carbocycles. The van der Waals surface area contributed by atoms with Crippen molar-refractivity contribution >= 4 is 5.78 Å². The average molecular weight is 287 g/mol. The number of ketones is 1. The molecule has 2 bridgehead atoms. The SMILES string of the molecule is COc1cc2c(cc1OC)[C@@]13CCC(=O)C[C@@H]1N(CC3)C2. The predicted molar refractivity (Wildman–Crippen MR) is 78.9 cm³/mol. The number of Topliss-reactive ketones (excluding diaryl/α,β-unsaturated/α-hetero) is 1. The molecule has 0 aromatic heterocycles. The van der Waals surface area contributed by atoms with E-state index in [9.17, 15) is 4.79 Å². The summed E-state index contributed by atoms with van der Waals surface area (Å²) < 4.78 is 10.9. The van der Waals surface area contributed by atoms with Gasteiger partial charge >= 0.3 is 0 Å². The molecule has 0 radical (unpaired) electrons. The topological polar surface area (TPSA) is 38.8 Å². The molecule has 4 rings (SSSR count). The minimum Gasteiger partial charge on any atom is -0.493 e. The molecule has 1 aromatic carbocycles. The Balaban J connectivity index is 1.87. The van der Waals surface area contributed by atoms with Gasteiger partial charge in [-0.2, -0.15) is 0 Å². The lowest BCUT2D eigenvalue weighted by Crippen LogP contribution is -2.50. The highest BCUT2D eigenvalue weighted by Crippen LogP contribution is 2.54. The zero-order valence-electron chi connectivity index (χ0n) is 12.6. The molecule has 112 valence electrons. The fourth-order valence-corrected chi connectivity index (χ4v) is 4.68. The number of hydrogen-bond acceptors (Lipinski definition) is 4. The highest BCUT2D eigenvalue weighted by molar-refractivity contribution is 5.81. The number of carbonyl (C=O) groups is 1. The summed E-state index contributed by atoms with van der Waals surface area (Å²) in [6.07, 6.45) is 3.58. The van der Waals surface area contributed by atoms with Crippen LogP contribution in [-0.2, 0) is 16.8 Å². The normalized spacial score (nSPS) is 33.3. The van der Waals surface area contributed by atoms with Gasteiger partial charge in [-0.1, -0.05) is 0 Å². The second kappa shape index (κ2) is 4.47. The molecule has 1 saturated heterocycles. The van der Waals surface area contributed by atoms with Crippen LogP contribution in [0.25, 0.3) is 0 Å². The van der Waals surface area contributed by atoms with Gasteiger partial charge in [-0.25, -0.2) is 0 Å². The monoisotopic (exact) mass is 287 g/mol. The van der Waals surface area contributed by atoms with Gasteiger partial charge in [0.15, 0.2) is 11.5 Å². The third-order valence-electron chi connectivity index (χ3n) is 5.71. The van der Waals surface area contributed by atoms with Crippen molar-refractivity contribution in [3.8, 4) is 11.5 Å². The molecule has 3 atom stereocenters. The van der Waals surface area contributed by atoms with E-state index in [2.05, 4.69) is 17.0 Å². The first-order valence-electron chi connectivity index (χ1n) is 7.69. The maximum absolute atomic E-state index is 11.9. The van der Waals surface area contributed by atoms with Crippen molar-refractivity contribution in [3.05, 3.63) is 23.3 Å². The fourth-order valence-electron chi connectivity index (χ4n) is 4.68. The average Bonchev–Trinajstić information content (AvgIpc) is 2.78. The second-order valence-electron chi connectivity index (χ2n) is 6.50. The number of rotatable bonds is 2. The van der Waals surface area contributed by atoms with Crippen LogP contribution < -0.4 is 9.47 Å². The van der Waals surface area contributed by atoms with Gasteiger partial charge in [0.25, 0.3) is 0 Å². The first kappa shape index (κ1) is 13.1. The predicted octanol–water partition coefficient (Wildman–Crippen LogP) is 2.28. The van der Waals surface area contributed by atoms with Crippen LogP contribution in [0.4, 0.5) is 0 Å². The molecule has 2 aliphatic heterocycles. The Morgan fingerprint density at radius 2 is 1.95 bits per heavy atom. The van der Waals surface area contributed by atoms with Crippen molar-refractivity contribution < 1.29 is 14.3 Å². The minimum absolute atomic E-state index is 0.154. The summed E-state index contributed by atoms with van der Waals surface area (Å²) in [7, 11) is 3.37. The summed E-state index contributed by atoms with van der Waals surface area (Å²) in [5.41, 5.74) is 2.89. The molecule has 0 amide bonds. The molecule has 1 unspecified atom stereocenters. The van der Waals surface area contributed by atoms with Gasteiger partial charge in [-0.05, 0) is 42.6 Å². The van der Waals surface area contributed by atoms with Gasteiger partial charge in [-0.15, -0.1) is 0 Å². The second-order valence-corrected chi connectivity index (χ2v) is 6.50. The Bertz CT molecular complexity index is 612. The van der Waals surface area contributed by atoms with E-state index in [0.717, 1.165) is 43.9 Å². The van der Waals surface area contributed by atoms with Crippen LogP contribution in [0.15, 0.2) is 12.1 Å². The van der Waals surface area contributed by atoms with Crippen LogP contribution in [-0.4, -0.2) is 37.5 Å². The van der Waals surface area contributed by atoms with Crippen molar-refractivity contribution in [2.75, 3.05) is 20.8 Å². The van der Waals surface area contributed by atoms with Crippen LogP contribution in [0.2, 0.25) is 0 Å². The molecule has 21 heavy (non-hydrogen) atoms. The van der Waals surface area contributed by atoms with E-state index in [-0.39, 0.29) is 5.41 Å². The molecule has 2 heterocycles. The highest BCUT2D eigenvalue weighted by atomic mass is 16.5. The van der Waals surface area contributed by atoms with E-state index in [1.807, 2.05) is 0 Å². The third-order valence-corrected chi connectivity index (χ3v) is 5.71. The Kier molecular flexibility index (Phi) is 2.80. The number of fused-ring (bicyclic) bond motifs is 1. The number of nitrogens with zero attached hydrogens (tertiary/aromatic N) is 1. The van der Waals surface area contributed by atoms with E-state index < -0.39 is 0 Å². The summed E-state index contributed by atoms with van der Waals surface area (Å²) in [4.78, 5) is 14.4. The summed E-state index contributed by atoms with van der Waals surface area (Å²) in [6, 6.07) is 4.69. The molecule has 1 saturated carbocycles. The van der Waals surface area contributed by atoms with E-state index >= 15 is 0 Å². The number of carbonyl (C=O) groups excluding carboxylic acids is 1. The van der Waals surface area contributed by atoms with Gasteiger partial charge in [0.05, 0.1) is 14.2 Å². The van der Waals surface area contributed by atoms with Crippen LogP contribution >= 0.6 is 0 Å². The largest absolute Gasteiger partial charge is 0.493 e. The van der Waals surface area contributed by atoms with Crippen LogP contribution in [0.3, 0.4) is 0 Å². The highest BCUT2D eigenvalue weighted by Gasteiger charge is 2.54. The van der Waals surface area contributed by atoms with Gasteiger partial charge in [0.1, 0.15) is 5.78 Å². The van der Waals surface area contributed by atoms with Gasteiger partial charge in [0.2, 0.25) is 0 Å². The van der Waals surface area contributed by atoms with Crippen molar-refractivity contribution in [3.63, 3.8) is 0 Å². The lowest BCUT2D eigenvalue weighted by molar-refractivity contribution is -0.123. The standard InChI is InChI=1S/C17H21NO3/c1-20-14-7-11-10-18-6-5-17(13(11)9-15(14)21-2)4-3-12(19)8-16(17)18/h7,9,16H,3-6,8,10H2,1-2H3/t16-,17-/m0/s1. The lowest BCUT2D eigenvalue weighted by Gasteiger charge is -2.46. The lowest BCUT2D eigenvalue weighted by atomic mass is 9.63. The smallest absolute Gasteiger partial charge is 0.161 e. The Morgan fingerprint density at radius 1 is 1.19 bits per heavy atom. The first-order valence-corrected chi connectivity index (χ1v) is 7.69. The molecule has 2 fully saturated rings. The number of methoxy groups -OCH3 is 2. The van der Waals surface area contributed by atoms with E-state index in [0.29, 0.717) is 18.2 Å². The van der Waals surface area contributed by atoms with Gasteiger partial charge in [-0.3, -0.25) is 9.69 Å². The summed E-state index contributed by atoms with van der Waals surface area (Å²) >= 11 is 0. The zero-order chi connectivity index (χ0) is 14.6. The van der Waals surface area contributed by atoms with Crippen molar-refractivity contribution in [1.82, 2.24) is 4.90 Å². The van der Waals surface area contributed by atoms with Crippen LogP contribution in [0.1, 0.15) is 36.8 Å². The fraction of sp³-hybridized carbons (Fsp3) is 0.588. The van der Waals surface area contributed by atoms with Crippen molar-refractivity contribution in [2.24, 2.45) is 0 Å². The van der Waals surface area contributed by atoms with Gasteiger partial charge in [0, 0.05) is 30.8 Å². The molecule has 0 N–H and O–H groups in total. The third kappa shape index (κ3) is 1.68. The van der Waals surface area contributed by atoms with Gasteiger partial charge < -0.3 is 9.47 Å². The zero-order valence-corrected chi connectivity index (χ0v) is 12.6. The van der Waals surface area contributed by atoms with E-state index in [1.165, 1.54) is 11.1 Å². The number of benzene rings is 1.